The van der Waals surface area contributed by atoms with Gasteiger partial charge in [0.2, 0.25) is 0 Å². The van der Waals surface area contributed by atoms with E-state index in [1.54, 1.807) is 12.1 Å². The molecule has 0 spiro atoms. The molecule has 1 aromatic rings. The molecule has 0 aliphatic carbocycles. The Morgan fingerprint density at radius 2 is 1.68 bits per heavy atom. The number of piperidine rings is 1. The first-order valence-corrected chi connectivity index (χ1v) is 6.37. The predicted molar refractivity (Wildman–Crippen MR) is 74.0 cm³/mol. The second-order valence-electron chi connectivity index (χ2n) is 4.53. The highest BCUT2D eigenvalue weighted by molar-refractivity contribution is 6.02. The summed E-state index contributed by atoms with van der Waals surface area (Å²) in [5, 5.41) is 21.1. The maximum atomic E-state index is 12.7. The van der Waals surface area contributed by atoms with Crippen molar-refractivity contribution in [2.75, 3.05) is 18.4 Å². The van der Waals surface area contributed by atoms with Gasteiger partial charge in [-0.25, -0.2) is 4.39 Å². The van der Waals surface area contributed by atoms with E-state index in [1.807, 2.05) is 4.90 Å². The SMILES string of the molecule is N=C(NC(=N)N1CCCCC1)Nc1ccc(F)cc1. The normalized spacial score (nSPS) is 14.9. The lowest BCUT2D eigenvalue weighted by Crippen LogP contribution is -2.47. The van der Waals surface area contributed by atoms with Gasteiger partial charge in [0.05, 0.1) is 0 Å². The molecule has 1 saturated heterocycles. The highest BCUT2D eigenvalue weighted by Gasteiger charge is 2.14. The molecule has 1 fully saturated rings. The van der Waals surface area contributed by atoms with Crippen LogP contribution in [0.3, 0.4) is 0 Å². The largest absolute Gasteiger partial charge is 0.343 e. The molecule has 19 heavy (non-hydrogen) atoms. The van der Waals surface area contributed by atoms with Crippen LogP contribution >= 0.6 is 0 Å². The Morgan fingerprint density at radius 1 is 1.05 bits per heavy atom. The van der Waals surface area contributed by atoms with Crippen LogP contribution in [0.1, 0.15) is 19.3 Å². The van der Waals surface area contributed by atoms with E-state index in [9.17, 15) is 4.39 Å². The molecule has 0 bridgehead atoms. The number of hydrogen-bond donors (Lipinski definition) is 4. The molecule has 102 valence electrons. The third kappa shape index (κ3) is 3.94. The van der Waals surface area contributed by atoms with Gasteiger partial charge in [0, 0.05) is 18.8 Å². The van der Waals surface area contributed by atoms with E-state index < -0.39 is 0 Å². The van der Waals surface area contributed by atoms with E-state index in [0.29, 0.717) is 5.69 Å². The first-order chi connectivity index (χ1) is 9.15. The predicted octanol–water partition coefficient (Wildman–Crippen LogP) is 2.18. The maximum absolute atomic E-state index is 12.7. The van der Waals surface area contributed by atoms with Crippen molar-refractivity contribution >= 4 is 17.6 Å². The number of halogens is 1. The van der Waals surface area contributed by atoms with Crippen LogP contribution in [0.2, 0.25) is 0 Å². The Bertz CT molecular complexity index is 451. The minimum Gasteiger partial charge on any atom is -0.343 e. The highest BCUT2D eigenvalue weighted by Crippen LogP contribution is 2.09. The summed E-state index contributed by atoms with van der Waals surface area (Å²) < 4.78 is 12.7. The van der Waals surface area contributed by atoms with Crippen molar-refractivity contribution in [3.8, 4) is 0 Å². The molecule has 0 amide bonds. The third-order valence-corrected chi connectivity index (χ3v) is 3.03. The Balaban J connectivity index is 1.83. The van der Waals surface area contributed by atoms with Gasteiger partial charge >= 0.3 is 0 Å². The molecule has 0 saturated carbocycles. The quantitative estimate of drug-likeness (QED) is 0.463. The monoisotopic (exact) mass is 263 g/mol. The molecule has 1 aliphatic rings. The first-order valence-electron chi connectivity index (χ1n) is 6.37. The molecule has 0 radical (unpaired) electrons. The summed E-state index contributed by atoms with van der Waals surface area (Å²) in [5.41, 5.74) is 0.616. The van der Waals surface area contributed by atoms with E-state index >= 15 is 0 Å². The van der Waals surface area contributed by atoms with Gasteiger partial charge < -0.3 is 10.2 Å². The zero-order chi connectivity index (χ0) is 13.7. The van der Waals surface area contributed by atoms with Gasteiger partial charge in [0.1, 0.15) is 5.82 Å². The summed E-state index contributed by atoms with van der Waals surface area (Å²) in [5.74, 6) is -0.0624. The van der Waals surface area contributed by atoms with E-state index in [1.165, 1.54) is 18.6 Å². The van der Waals surface area contributed by atoms with E-state index in [2.05, 4.69) is 10.6 Å². The van der Waals surface area contributed by atoms with Crippen LogP contribution in [0.25, 0.3) is 0 Å². The van der Waals surface area contributed by atoms with Crippen LogP contribution in [0.5, 0.6) is 0 Å². The van der Waals surface area contributed by atoms with Crippen molar-refractivity contribution in [3.05, 3.63) is 30.1 Å². The molecule has 0 aromatic heterocycles. The van der Waals surface area contributed by atoms with Crippen molar-refractivity contribution in [3.63, 3.8) is 0 Å². The van der Waals surface area contributed by atoms with Crippen LogP contribution in [-0.2, 0) is 0 Å². The highest BCUT2D eigenvalue weighted by atomic mass is 19.1. The number of benzene rings is 1. The topological polar surface area (TPSA) is 75.0 Å². The Labute approximate surface area is 111 Å². The number of rotatable bonds is 1. The molecule has 4 N–H and O–H groups in total. The summed E-state index contributed by atoms with van der Waals surface area (Å²) in [6.07, 6.45) is 3.38. The summed E-state index contributed by atoms with van der Waals surface area (Å²) in [6, 6.07) is 5.75. The molecule has 5 nitrogen and oxygen atoms in total. The van der Waals surface area contributed by atoms with Crippen molar-refractivity contribution in [2.24, 2.45) is 0 Å². The molecule has 1 heterocycles. The minimum atomic E-state index is -0.314. The molecule has 6 heteroatoms. The van der Waals surface area contributed by atoms with Crippen LogP contribution in [-0.4, -0.2) is 29.9 Å². The fraction of sp³-hybridized carbons (Fsp3) is 0.385. The van der Waals surface area contributed by atoms with Crippen LogP contribution in [0.4, 0.5) is 10.1 Å². The average molecular weight is 263 g/mol. The summed E-state index contributed by atoms with van der Waals surface area (Å²) in [7, 11) is 0. The molecular formula is C13H18FN5. The van der Waals surface area contributed by atoms with Gasteiger partial charge in [-0.05, 0) is 43.5 Å². The molecule has 2 rings (SSSR count). The fourth-order valence-corrected chi connectivity index (χ4v) is 2.02. The van der Waals surface area contributed by atoms with Gasteiger partial charge in [-0.1, -0.05) is 0 Å². The summed E-state index contributed by atoms with van der Waals surface area (Å²) in [6.45, 7) is 1.71. The lowest BCUT2D eigenvalue weighted by molar-refractivity contribution is 0.334. The van der Waals surface area contributed by atoms with Gasteiger partial charge in [-0.3, -0.25) is 16.1 Å². The van der Waals surface area contributed by atoms with Crippen molar-refractivity contribution in [1.29, 1.82) is 10.8 Å². The minimum absolute atomic E-state index is 0.0159. The van der Waals surface area contributed by atoms with Crippen LogP contribution < -0.4 is 10.6 Å². The Hall–Kier alpha value is -2.11. The van der Waals surface area contributed by atoms with Gasteiger partial charge in [0.25, 0.3) is 0 Å². The number of guanidine groups is 2. The van der Waals surface area contributed by atoms with E-state index in [4.69, 9.17) is 10.8 Å². The second kappa shape index (κ2) is 6.17. The Kier molecular flexibility index (Phi) is 4.33. The van der Waals surface area contributed by atoms with Crippen molar-refractivity contribution < 1.29 is 4.39 Å². The lowest BCUT2D eigenvalue weighted by Gasteiger charge is -2.29. The molecule has 1 aromatic carbocycles. The molecular weight excluding hydrogens is 245 g/mol. The smallest absolute Gasteiger partial charge is 0.199 e. The number of nitrogens with zero attached hydrogens (tertiary/aromatic N) is 1. The molecule has 0 unspecified atom stereocenters. The van der Waals surface area contributed by atoms with E-state index in [0.717, 1.165) is 25.9 Å². The van der Waals surface area contributed by atoms with Crippen LogP contribution in [0, 0.1) is 16.6 Å². The number of nitrogens with one attached hydrogen (secondary N) is 4. The van der Waals surface area contributed by atoms with Gasteiger partial charge in [-0.15, -0.1) is 0 Å². The standard InChI is InChI=1S/C13H18FN5/c14-10-4-6-11(7-5-10)17-12(15)18-13(16)19-8-2-1-3-9-19/h4-7H,1-3,8-9H2,(H4,15,16,17,18). The summed E-state index contributed by atoms with van der Waals surface area (Å²) in [4.78, 5) is 1.92. The van der Waals surface area contributed by atoms with Gasteiger partial charge in [-0.2, -0.15) is 0 Å². The molecule has 1 aliphatic heterocycles. The zero-order valence-electron chi connectivity index (χ0n) is 10.7. The van der Waals surface area contributed by atoms with Gasteiger partial charge in [0.15, 0.2) is 11.9 Å². The van der Waals surface area contributed by atoms with Crippen LogP contribution in [0.15, 0.2) is 24.3 Å². The lowest BCUT2D eigenvalue weighted by atomic mass is 10.1. The van der Waals surface area contributed by atoms with E-state index in [-0.39, 0.29) is 17.7 Å². The zero-order valence-corrected chi connectivity index (χ0v) is 10.7. The second-order valence-corrected chi connectivity index (χ2v) is 4.53. The maximum Gasteiger partial charge on any atom is 0.199 e. The average Bonchev–Trinajstić information content (AvgIpc) is 2.42. The van der Waals surface area contributed by atoms with Crippen molar-refractivity contribution in [2.45, 2.75) is 19.3 Å². The number of anilines is 1. The first kappa shape index (κ1) is 13.3. The fourth-order valence-electron chi connectivity index (χ4n) is 2.02. The summed E-state index contributed by atoms with van der Waals surface area (Å²) >= 11 is 0. The molecule has 0 atom stereocenters. The Morgan fingerprint density at radius 3 is 2.32 bits per heavy atom. The van der Waals surface area contributed by atoms with Crippen molar-refractivity contribution in [1.82, 2.24) is 10.2 Å². The third-order valence-electron chi connectivity index (χ3n) is 3.03. The number of likely N-dealkylation sites (tertiary alicyclic amines) is 1. The number of hydrogen-bond acceptors (Lipinski definition) is 2.